The highest BCUT2D eigenvalue weighted by atomic mass is 16.6. The van der Waals surface area contributed by atoms with Crippen LogP contribution in [0.2, 0.25) is 0 Å². The second-order valence-corrected chi connectivity index (χ2v) is 3.56. The molecule has 0 unspecified atom stereocenters. The summed E-state index contributed by atoms with van der Waals surface area (Å²) in [6, 6.07) is 0. The minimum Gasteiger partial charge on any atom is -0.394 e. The van der Waals surface area contributed by atoms with Crippen molar-refractivity contribution >= 4 is 6.21 Å². The van der Waals surface area contributed by atoms with Gasteiger partial charge in [-0.3, -0.25) is 4.99 Å². The number of aliphatic hydroxyl groups excluding tert-OH is 3. The van der Waals surface area contributed by atoms with Gasteiger partial charge in [-0.25, -0.2) is 0 Å². The summed E-state index contributed by atoms with van der Waals surface area (Å²) in [5.41, 5.74) is 0. The van der Waals surface area contributed by atoms with Crippen LogP contribution >= 0.6 is 0 Å². The van der Waals surface area contributed by atoms with E-state index in [4.69, 9.17) is 9.84 Å². The van der Waals surface area contributed by atoms with Crippen molar-refractivity contribution in [2.75, 3.05) is 13.3 Å². The lowest BCUT2D eigenvalue weighted by atomic mass is 10.1. The maximum absolute atomic E-state index is 9.70. The van der Waals surface area contributed by atoms with Crippen molar-refractivity contribution in [3.8, 4) is 0 Å². The van der Waals surface area contributed by atoms with Crippen LogP contribution in [0.4, 0.5) is 0 Å². The number of rotatable bonds is 2. The van der Waals surface area contributed by atoms with Gasteiger partial charge in [0.1, 0.15) is 25.0 Å². The van der Waals surface area contributed by atoms with Gasteiger partial charge < -0.3 is 25.0 Å². The summed E-state index contributed by atoms with van der Waals surface area (Å²) in [4.78, 5) is 5.66. The van der Waals surface area contributed by atoms with Crippen LogP contribution in [0.25, 0.3) is 0 Å². The van der Waals surface area contributed by atoms with Crippen molar-refractivity contribution < 1.29 is 20.1 Å². The first-order valence-corrected chi connectivity index (χ1v) is 4.79. The average molecular weight is 214 g/mol. The zero-order chi connectivity index (χ0) is 10.8. The van der Waals surface area contributed by atoms with Gasteiger partial charge in [-0.15, -0.1) is 0 Å². The molecule has 2 aliphatic heterocycles. The van der Waals surface area contributed by atoms with Crippen LogP contribution in [-0.2, 0) is 4.74 Å². The molecule has 6 nitrogen and oxygen atoms in total. The molecular weight excluding hydrogens is 200 g/mol. The Morgan fingerprint density at radius 1 is 1.40 bits per heavy atom. The van der Waals surface area contributed by atoms with Crippen LogP contribution in [0.15, 0.2) is 17.3 Å². The van der Waals surface area contributed by atoms with Gasteiger partial charge in [0.05, 0.1) is 6.61 Å². The van der Waals surface area contributed by atoms with Crippen LogP contribution in [0.5, 0.6) is 0 Å². The van der Waals surface area contributed by atoms with Gasteiger partial charge in [-0.1, -0.05) is 0 Å². The number of aliphatic hydroxyl groups is 3. The van der Waals surface area contributed by atoms with Gasteiger partial charge in [0.25, 0.3) is 0 Å². The Morgan fingerprint density at radius 3 is 2.73 bits per heavy atom. The molecule has 3 N–H and O–H groups in total. The molecule has 0 aromatic rings. The predicted molar refractivity (Wildman–Crippen MR) is 52.1 cm³/mol. The van der Waals surface area contributed by atoms with Crippen LogP contribution in [-0.4, -0.2) is 64.2 Å². The third-order valence-electron chi connectivity index (χ3n) is 2.56. The molecule has 15 heavy (non-hydrogen) atoms. The molecule has 6 heteroatoms. The number of aliphatic imine (C=N–C) groups is 1. The van der Waals surface area contributed by atoms with Crippen LogP contribution in [0.3, 0.4) is 0 Å². The molecular formula is C9H14N2O4. The molecule has 0 aromatic heterocycles. The summed E-state index contributed by atoms with van der Waals surface area (Å²) in [7, 11) is 0. The summed E-state index contributed by atoms with van der Waals surface area (Å²) in [6.07, 6.45) is 1.64. The molecule has 1 fully saturated rings. The highest BCUT2D eigenvalue weighted by Crippen LogP contribution is 2.24. The van der Waals surface area contributed by atoms with Gasteiger partial charge in [0, 0.05) is 12.4 Å². The summed E-state index contributed by atoms with van der Waals surface area (Å²) in [5, 5.41) is 28.1. The number of nitrogens with zero attached hydrogens (tertiary/aromatic N) is 2. The molecule has 2 heterocycles. The minimum atomic E-state index is -1.06. The summed E-state index contributed by atoms with van der Waals surface area (Å²) < 4.78 is 5.33. The maximum Gasteiger partial charge on any atom is 0.160 e. The summed E-state index contributed by atoms with van der Waals surface area (Å²) >= 11 is 0. The van der Waals surface area contributed by atoms with Crippen LogP contribution in [0, 0.1) is 0 Å². The maximum atomic E-state index is 9.70. The number of allylic oxidation sites excluding steroid dienone is 1. The molecule has 0 aromatic carbocycles. The highest BCUT2D eigenvalue weighted by Gasteiger charge is 2.44. The number of hydrogen-bond donors (Lipinski definition) is 3. The van der Waals surface area contributed by atoms with E-state index >= 15 is 0 Å². The lowest BCUT2D eigenvalue weighted by Gasteiger charge is -2.28. The van der Waals surface area contributed by atoms with Gasteiger partial charge >= 0.3 is 0 Å². The van der Waals surface area contributed by atoms with Gasteiger partial charge in [0.15, 0.2) is 6.23 Å². The normalized spacial score (nSPS) is 40.1. The van der Waals surface area contributed by atoms with Crippen molar-refractivity contribution in [2.45, 2.75) is 24.5 Å². The van der Waals surface area contributed by atoms with Gasteiger partial charge in [-0.05, 0) is 6.08 Å². The van der Waals surface area contributed by atoms with E-state index in [9.17, 15) is 10.2 Å². The molecule has 2 rings (SSSR count). The third kappa shape index (κ3) is 1.89. The topological polar surface area (TPSA) is 85.5 Å². The minimum absolute atomic E-state index is 0.310. The van der Waals surface area contributed by atoms with Crippen molar-refractivity contribution in [3.05, 3.63) is 12.3 Å². The molecule has 0 radical (unpaired) electrons. The monoisotopic (exact) mass is 214 g/mol. The fourth-order valence-corrected chi connectivity index (χ4v) is 1.72. The molecule has 1 saturated heterocycles. The van der Waals surface area contributed by atoms with E-state index in [1.165, 1.54) is 0 Å². The van der Waals surface area contributed by atoms with Crippen molar-refractivity contribution in [1.82, 2.24) is 4.90 Å². The molecule has 0 aliphatic carbocycles. The standard InChI is InChI=1S/C9H14N2O4/c12-4-6-7(13)8(14)9(15-6)11-3-1-2-10-5-11/h1-3,6-9,12-14H,4-5H2/t6-,7-,8+,9-/m1/s1. The smallest absolute Gasteiger partial charge is 0.160 e. The fraction of sp³-hybridized carbons (Fsp3) is 0.667. The lowest BCUT2D eigenvalue weighted by molar-refractivity contribution is -0.0790. The van der Waals surface area contributed by atoms with E-state index in [1.54, 1.807) is 23.4 Å². The molecule has 84 valence electrons. The Kier molecular flexibility index (Phi) is 3.01. The van der Waals surface area contributed by atoms with E-state index < -0.39 is 24.5 Å². The van der Waals surface area contributed by atoms with E-state index in [0.29, 0.717) is 6.67 Å². The molecule has 2 aliphatic rings. The zero-order valence-electron chi connectivity index (χ0n) is 8.10. The second-order valence-electron chi connectivity index (χ2n) is 3.56. The van der Waals surface area contributed by atoms with Gasteiger partial charge in [0.2, 0.25) is 0 Å². The highest BCUT2D eigenvalue weighted by molar-refractivity contribution is 5.71. The van der Waals surface area contributed by atoms with Crippen LogP contribution in [0.1, 0.15) is 0 Å². The quantitative estimate of drug-likeness (QED) is 0.509. The van der Waals surface area contributed by atoms with Crippen molar-refractivity contribution in [1.29, 1.82) is 0 Å². The third-order valence-corrected chi connectivity index (χ3v) is 2.56. The number of ether oxygens (including phenoxy) is 1. The summed E-state index contributed by atoms with van der Waals surface area (Å²) in [5.74, 6) is 0. The molecule has 0 saturated carbocycles. The number of hydrogen-bond acceptors (Lipinski definition) is 6. The fourth-order valence-electron chi connectivity index (χ4n) is 1.72. The molecule has 0 bridgehead atoms. The van der Waals surface area contributed by atoms with E-state index in [-0.39, 0.29) is 6.61 Å². The molecule has 0 spiro atoms. The second kappa shape index (κ2) is 4.28. The Labute approximate surface area is 87.1 Å². The Morgan fingerprint density at radius 2 is 2.20 bits per heavy atom. The first-order chi connectivity index (χ1) is 7.24. The predicted octanol–water partition coefficient (Wildman–Crippen LogP) is -1.72. The van der Waals surface area contributed by atoms with Crippen molar-refractivity contribution in [3.63, 3.8) is 0 Å². The Bertz CT molecular complexity index is 281. The van der Waals surface area contributed by atoms with E-state index in [1.807, 2.05) is 0 Å². The summed E-state index contributed by atoms with van der Waals surface area (Å²) in [6.45, 7) is 0.0681. The lowest BCUT2D eigenvalue weighted by Crippen LogP contribution is -2.42. The Hall–Kier alpha value is -0.950. The van der Waals surface area contributed by atoms with Crippen LogP contribution < -0.4 is 0 Å². The zero-order valence-corrected chi connectivity index (χ0v) is 8.10. The van der Waals surface area contributed by atoms with E-state index in [0.717, 1.165) is 0 Å². The van der Waals surface area contributed by atoms with Crippen molar-refractivity contribution in [2.24, 2.45) is 4.99 Å². The first-order valence-electron chi connectivity index (χ1n) is 4.79. The van der Waals surface area contributed by atoms with Gasteiger partial charge in [-0.2, -0.15) is 0 Å². The largest absolute Gasteiger partial charge is 0.394 e. The SMILES string of the molecule is OC[C@H]1O[C@@H](N2C=CC=NC2)[C@@H](O)[C@@H]1O. The Balaban J connectivity index is 2.04. The average Bonchev–Trinajstić information content (AvgIpc) is 2.57. The molecule has 0 amide bonds. The molecule has 4 atom stereocenters. The van der Waals surface area contributed by atoms with E-state index in [2.05, 4.69) is 4.99 Å². The first kappa shape index (κ1) is 10.6.